The molecule has 6 heteroatoms. The van der Waals surface area contributed by atoms with Gasteiger partial charge in [-0.05, 0) is 70.8 Å². The summed E-state index contributed by atoms with van der Waals surface area (Å²) in [6.45, 7) is 0. The minimum absolute atomic E-state index is 0.234. The van der Waals surface area contributed by atoms with Gasteiger partial charge in [-0.3, -0.25) is 4.90 Å². The summed E-state index contributed by atoms with van der Waals surface area (Å²) in [6.07, 6.45) is 5.69. The summed E-state index contributed by atoms with van der Waals surface area (Å²) >= 11 is 0. The van der Waals surface area contributed by atoms with E-state index < -0.39 is 0 Å². The first-order valence-electron chi connectivity index (χ1n) is 10.1. The lowest BCUT2D eigenvalue weighted by Crippen LogP contribution is -2.30. The predicted molar refractivity (Wildman–Crippen MR) is 126 cm³/mol. The van der Waals surface area contributed by atoms with Crippen molar-refractivity contribution < 1.29 is 4.79 Å². The lowest BCUT2D eigenvalue weighted by Gasteiger charge is -2.24. The fraction of sp³-hybridized carbons (Fsp3) is 0. The number of H-pyrrole nitrogens is 3. The van der Waals surface area contributed by atoms with Crippen LogP contribution in [0.25, 0.3) is 32.7 Å². The minimum Gasteiger partial charge on any atom is -0.361 e. The number of carbonyl (C=O) groups is 1. The number of rotatable bonds is 3. The standard InChI is InChI=1S/C25H19N5O/c31-25(29-19-4-1-16-7-10-26-22(16)13-19)30(20-5-2-17-8-11-27-23(17)14-20)21-6-3-18-9-12-28-24(18)15-21/h1-15,26-28H,(H,29,31). The molecule has 0 saturated carbocycles. The van der Waals surface area contributed by atoms with E-state index >= 15 is 0 Å². The Morgan fingerprint density at radius 1 is 0.613 bits per heavy atom. The van der Waals surface area contributed by atoms with E-state index in [1.165, 1.54) is 0 Å². The van der Waals surface area contributed by atoms with Gasteiger partial charge in [-0.25, -0.2) is 4.79 Å². The SMILES string of the molecule is O=C(Nc1ccc2cc[nH]c2c1)N(c1ccc2cc[nH]c2c1)c1ccc2cc[nH]c2c1. The third-order valence-electron chi connectivity index (χ3n) is 5.60. The Kier molecular flexibility index (Phi) is 3.83. The molecule has 3 heterocycles. The van der Waals surface area contributed by atoms with Gasteiger partial charge in [0, 0.05) is 40.8 Å². The molecule has 0 radical (unpaired) electrons. The monoisotopic (exact) mass is 405 g/mol. The van der Waals surface area contributed by atoms with Gasteiger partial charge in [0.05, 0.1) is 11.4 Å². The zero-order chi connectivity index (χ0) is 20.8. The largest absolute Gasteiger partial charge is 0.361 e. The summed E-state index contributed by atoms with van der Waals surface area (Å²) in [6, 6.07) is 23.6. The average Bonchev–Trinajstić information content (AvgIpc) is 3.53. The molecule has 4 N–H and O–H groups in total. The third-order valence-corrected chi connectivity index (χ3v) is 5.60. The Hall–Kier alpha value is -4.45. The normalized spacial score (nSPS) is 11.4. The molecule has 0 aliphatic rings. The van der Waals surface area contributed by atoms with E-state index in [0.29, 0.717) is 0 Å². The number of urea groups is 1. The maximum absolute atomic E-state index is 13.5. The van der Waals surface area contributed by atoms with Crippen LogP contribution in [-0.2, 0) is 0 Å². The first-order chi connectivity index (χ1) is 15.2. The maximum Gasteiger partial charge on any atom is 0.330 e. The van der Waals surface area contributed by atoms with E-state index in [1.54, 1.807) is 4.90 Å². The van der Waals surface area contributed by atoms with E-state index in [9.17, 15) is 4.79 Å². The average molecular weight is 405 g/mol. The van der Waals surface area contributed by atoms with Gasteiger partial charge in [0.1, 0.15) is 0 Å². The van der Waals surface area contributed by atoms with Crippen molar-refractivity contribution in [1.29, 1.82) is 0 Å². The molecule has 0 bridgehead atoms. The molecule has 6 nitrogen and oxygen atoms in total. The minimum atomic E-state index is -0.234. The molecule has 0 saturated heterocycles. The zero-order valence-electron chi connectivity index (χ0n) is 16.5. The van der Waals surface area contributed by atoms with E-state index in [2.05, 4.69) is 20.3 Å². The zero-order valence-corrected chi connectivity index (χ0v) is 16.5. The summed E-state index contributed by atoms with van der Waals surface area (Å²) in [7, 11) is 0. The number of benzene rings is 3. The van der Waals surface area contributed by atoms with Gasteiger partial charge in [-0.1, -0.05) is 18.2 Å². The van der Waals surface area contributed by atoms with E-state index in [4.69, 9.17) is 0 Å². The van der Waals surface area contributed by atoms with Crippen LogP contribution in [0.3, 0.4) is 0 Å². The van der Waals surface area contributed by atoms with E-state index in [1.807, 2.05) is 91.4 Å². The van der Waals surface area contributed by atoms with Crippen molar-refractivity contribution in [2.75, 3.05) is 10.2 Å². The van der Waals surface area contributed by atoms with Gasteiger partial charge in [0.2, 0.25) is 0 Å². The molecule has 6 aromatic rings. The van der Waals surface area contributed by atoms with Crippen molar-refractivity contribution in [2.24, 2.45) is 0 Å². The van der Waals surface area contributed by atoms with Crippen LogP contribution in [0.4, 0.5) is 21.9 Å². The van der Waals surface area contributed by atoms with E-state index in [0.717, 1.165) is 49.8 Å². The first kappa shape index (κ1) is 17.4. The molecule has 3 aromatic heterocycles. The smallest absolute Gasteiger partial charge is 0.330 e. The molecule has 3 aromatic carbocycles. The Bertz CT molecular complexity index is 1480. The van der Waals surface area contributed by atoms with Gasteiger partial charge in [0.25, 0.3) is 0 Å². The lowest BCUT2D eigenvalue weighted by molar-refractivity contribution is 0.259. The van der Waals surface area contributed by atoms with Crippen LogP contribution in [0.1, 0.15) is 0 Å². The predicted octanol–water partition coefficient (Wildman–Crippen LogP) is 6.50. The summed E-state index contributed by atoms with van der Waals surface area (Å²) in [4.78, 5) is 24.9. The van der Waals surface area contributed by atoms with Crippen LogP contribution in [0.15, 0.2) is 91.4 Å². The number of anilines is 3. The van der Waals surface area contributed by atoms with Crippen LogP contribution in [0.2, 0.25) is 0 Å². The number of hydrogen-bond donors (Lipinski definition) is 4. The molecule has 0 fully saturated rings. The number of nitrogens with zero attached hydrogens (tertiary/aromatic N) is 1. The molecule has 31 heavy (non-hydrogen) atoms. The first-order valence-corrected chi connectivity index (χ1v) is 10.1. The number of amides is 2. The van der Waals surface area contributed by atoms with Crippen molar-refractivity contribution in [3.05, 3.63) is 91.4 Å². The molecule has 0 atom stereocenters. The Morgan fingerprint density at radius 3 is 1.65 bits per heavy atom. The summed E-state index contributed by atoms with van der Waals surface area (Å²) in [5.74, 6) is 0. The summed E-state index contributed by atoms with van der Waals surface area (Å²) in [5, 5.41) is 6.35. The fourth-order valence-electron chi connectivity index (χ4n) is 4.04. The van der Waals surface area contributed by atoms with Gasteiger partial charge >= 0.3 is 6.03 Å². The Balaban J connectivity index is 1.44. The Labute approximate surface area is 177 Å². The number of carbonyl (C=O) groups excluding carboxylic acids is 1. The highest BCUT2D eigenvalue weighted by Crippen LogP contribution is 2.31. The number of aromatic nitrogens is 3. The van der Waals surface area contributed by atoms with Crippen LogP contribution >= 0.6 is 0 Å². The molecule has 150 valence electrons. The third kappa shape index (κ3) is 3.02. The second-order valence-corrected chi connectivity index (χ2v) is 7.54. The van der Waals surface area contributed by atoms with Gasteiger partial charge in [-0.15, -0.1) is 0 Å². The lowest BCUT2D eigenvalue weighted by atomic mass is 10.2. The fourth-order valence-corrected chi connectivity index (χ4v) is 4.04. The number of nitrogens with one attached hydrogen (secondary N) is 4. The molecule has 2 amide bonds. The summed E-state index contributed by atoms with van der Waals surface area (Å²) < 4.78 is 0. The van der Waals surface area contributed by atoms with Crippen LogP contribution in [-0.4, -0.2) is 21.0 Å². The van der Waals surface area contributed by atoms with Crippen molar-refractivity contribution >= 4 is 55.8 Å². The molecule has 0 aliphatic carbocycles. The molecule has 6 rings (SSSR count). The highest BCUT2D eigenvalue weighted by atomic mass is 16.2. The van der Waals surface area contributed by atoms with Crippen LogP contribution < -0.4 is 10.2 Å². The quantitative estimate of drug-likeness (QED) is 0.266. The van der Waals surface area contributed by atoms with Crippen LogP contribution in [0.5, 0.6) is 0 Å². The van der Waals surface area contributed by atoms with Gasteiger partial charge in [-0.2, -0.15) is 0 Å². The van der Waals surface area contributed by atoms with Crippen molar-refractivity contribution in [2.45, 2.75) is 0 Å². The van der Waals surface area contributed by atoms with Gasteiger partial charge in [0.15, 0.2) is 0 Å². The second-order valence-electron chi connectivity index (χ2n) is 7.54. The van der Waals surface area contributed by atoms with Crippen molar-refractivity contribution in [3.8, 4) is 0 Å². The second kappa shape index (κ2) is 6.81. The molecule has 0 unspecified atom stereocenters. The van der Waals surface area contributed by atoms with Crippen molar-refractivity contribution in [1.82, 2.24) is 15.0 Å². The topological polar surface area (TPSA) is 79.7 Å². The molecular weight excluding hydrogens is 386 g/mol. The molecule has 0 spiro atoms. The highest BCUT2D eigenvalue weighted by Gasteiger charge is 2.20. The summed E-state index contributed by atoms with van der Waals surface area (Å²) in [5.41, 5.74) is 5.21. The number of hydrogen-bond acceptors (Lipinski definition) is 1. The number of aromatic amines is 3. The molecule has 0 aliphatic heterocycles. The Morgan fingerprint density at radius 2 is 1.10 bits per heavy atom. The maximum atomic E-state index is 13.5. The number of fused-ring (bicyclic) bond motifs is 3. The van der Waals surface area contributed by atoms with Crippen LogP contribution in [0, 0.1) is 0 Å². The van der Waals surface area contributed by atoms with Gasteiger partial charge < -0.3 is 20.3 Å². The van der Waals surface area contributed by atoms with E-state index in [-0.39, 0.29) is 6.03 Å². The molecular formula is C25H19N5O. The highest BCUT2D eigenvalue weighted by molar-refractivity contribution is 6.09. The van der Waals surface area contributed by atoms with Crippen molar-refractivity contribution in [3.63, 3.8) is 0 Å².